The summed E-state index contributed by atoms with van der Waals surface area (Å²) in [5.41, 5.74) is 6.15. The number of furan rings is 1. The predicted molar refractivity (Wildman–Crippen MR) is 226 cm³/mol. The van der Waals surface area contributed by atoms with Crippen LogP contribution in [-0.4, -0.2) is 54.2 Å². The van der Waals surface area contributed by atoms with Gasteiger partial charge in [0, 0.05) is 47.6 Å². The third-order valence-electron chi connectivity index (χ3n) is 10.0. The van der Waals surface area contributed by atoms with E-state index in [0.717, 1.165) is 38.6 Å². The van der Waals surface area contributed by atoms with Crippen molar-refractivity contribution in [3.8, 4) is 45.3 Å². The van der Waals surface area contributed by atoms with Crippen molar-refractivity contribution in [1.29, 1.82) is 0 Å². The third-order valence-corrected chi connectivity index (χ3v) is 11.2. The molecular weight excluding hydrogens is 661 g/mol. The van der Waals surface area contributed by atoms with E-state index >= 15 is 0 Å². The molecule has 0 fully saturated rings. The number of thiophene rings is 1. The lowest BCUT2D eigenvalue weighted by Crippen LogP contribution is -2.55. The average Bonchev–Trinajstić information content (AvgIpc) is 3.78. The van der Waals surface area contributed by atoms with Crippen molar-refractivity contribution in [2.45, 2.75) is 0 Å². The average molecular weight is 681 g/mol. The van der Waals surface area contributed by atoms with Gasteiger partial charge in [-0.15, -0.1) is 27.7 Å². The van der Waals surface area contributed by atoms with Gasteiger partial charge in [-0.05, 0) is 52.2 Å². The monoisotopic (exact) mass is 681 g/mol. The van der Waals surface area contributed by atoms with Gasteiger partial charge in [0.25, 0.3) is 0 Å². The first kappa shape index (κ1) is 31.9. The Morgan fingerprint density at radius 1 is 0.434 bits per heavy atom. The first-order valence-corrected chi connectivity index (χ1v) is 17.8. The Kier molecular flexibility index (Phi) is 7.28. The summed E-state index contributed by atoms with van der Waals surface area (Å²) in [6, 6.07) is 41.5. The fourth-order valence-corrected chi connectivity index (χ4v) is 8.48. The van der Waals surface area contributed by atoms with E-state index in [1.807, 2.05) is 65.9 Å². The van der Waals surface area contributed by atoms with Crippen LogP contribution in [0, 0.1) is 0 Å². The molecular formula is C43H20B5N3OS. The van der Waals surface area contributed by atoms with E-state index < -0.39 is 0 Å². The second kappa shape index (κ2) is 12.1. The highest BCUT2D eigenvalue weighted by Crippen LogP contribution is 2.43. The molecule has 0 spiro atoms. The Balaban J connectivity index is 1.15. The molecule has 53 heavy (non-hydrogen) atoms. The lowest BCUT2D eigenvalue weighted by molar-refractivity contribution is 0.669. The molecule has 3 heterocycles. The maximum Gasteiger partial charge on any atom is 0.164 e. The SMILES string of the molecule is [B]c1c([B])c([B])c(-c2nc(-c3ccc(-c4cccc5sc6ccc7ccccc7c6c45)cc3)nc(-c3ccc4c(c3)oc3ccccc34)n2)c([B])c1[B]. The van der Waals surface area contributed by atoms with Crippen LogP contribution in [0.3, 0.4) is 0 Å². The van der Waals surface area contributed by atoms with Crippen LogP contribution in [0.5, 0.6) is 0 Å². The molecule has 0 unspecified atom stereocenters. The van der Waals surface area contributed by atoms with E-state index in [1.165, 1.54) is 30.9 Å². The summed E-state index contributed by atoms with van der Waals surface area (Å²) in [4.78, 5) is 14.7. The van der Waals surface area contributed by atoms with Crippen LogP contribution in [0.15, 0.2) is 126 Å². The summed E-state index contributed by atoms with van der Waals surface area (Å²) in [5, 5.41) is 6.99. The van der Waals surface area contributed by atoms with Crippen molar-refractivity contribution < 1.29 is 4.42 Å². The van der Waals surface area contributed by atoms with Gasteiger partial charge in [-0.1, -0.05) is 102 Å². The largest absolute Gasteiger partial charge is 0.456 e. The Morgan fingerprint density at radius 3 is 1.83 bits per heavy atom. The van der Waals surface area contributed by atoms with Crippen molar-refractivity contribution in [2.24, 2.45) is 0 Å². The van der Waals surface area contributed by atoms with Crippen molar-refractivity contribution in [3.63, 3.8) is 0 Å². The van der Waals surface area contributed by atoms with E-state index in [2.05, 4.69) is 66.7 Å². The molecule has 10 rings (SSSR count). The molecule has 234 valence electrons. The molecule has 0 aliphatic rings. The number of hydrogen-bond acceptors (Lipinski definition) is 5. The molecule has 0 bridgehead atoms. The molecule has 0 aliphatic carbocycles. The third kappa shape index (κ3) is 5.00. The minimum Gasteiger partial charge on any atom is -0.456 e. The predicted octanol–water partition coefficient (Wildman–Crippen LogP) is 5.93. The van der Waals surface area contributed by atoms with E-state index in [0.29, 0.717) is 22.8 Å². The smallest absolute Gasteiger partial charge is 0.164 e. The minimum absolute atomic E-state index is 0.116. The van der Waals surface area contributed by atoms with E-state index in [9.17, 15) is 0 Å². The van der Waals surface area contributed by atoms with Gasteiger partial charge in [-0.25, -0.2) is 15.0 Å². The van der Waals surface area contributed by atoms with Gasteiger partial charge in [0.1, 0.15) is 50.4 Å². The number of fused-ring (bicyclic) bond motifs is 8. The lowest BCUT2D eigenvalue weighted by Gasteiger charge is -2.20. The van der Waals surface area contributed by atoms with Gasteiger partial charge >= 0.3 is 0 Å². The molecule has 10 heteroatoms. The zero-order valence-electron chi connectivity index (χ0n) is 28.1. The van der Waals surface area contributed by atoms with Crippen LogP contribution in [0.1, 0.15) is 0 Å². The van der Waals surface area contributed by atoms with Crippen LogP contribution in [0.4, 0.5) is 0 Å². The topological polar surface area (TPSA) is 51.8 Å². The number of nitrogens with zero attached hydrogens (tertiary/aromatic N) is 3. The van der Waals surface area contributed by atoms with Gasteiger partial charge in [0.2, 0.25) is 0 Å². The summed E-state index contributed by atoms with van der Waals surface area (Å²) >= 11 is 1.81. The van der Waals surface area contributed by atoms with Crippen molar-refractivity contribution in [1.82, 2.24) is 15.0 Å². The van der Waals surface area contributed by atoms with Crippen molar-refractivity contribution >= 4 is 131 Å². The van der Waals surface area contributed by atoms with Gasteiger partial charge in [-0.3, -0.25) is 0 Å². The highest BCUT2D eigenvalue weighted by molar-refractivity contribution is 7.26. The van der Waals surface area contributed by atoms with Crippen LogP contribution < -0.4 is 27.3 Å². The summed E-state index contributed by atoms with van der Waals surface area (Å²) in [6.45, 7) is 0. The second-order valence-corrected chi connectivity index (χ2v) is 14.2. The molecule has 0 N–H and O–H groups in total. The normalized spacial score (nSPS) is 11.8. The van der Waals surface area contributed by atoms with E-state index in [1.54, 1.807) is 0 Å². The first-order valence-electron chi connectivity index (χ1n) is 17.0. The van der Waals surface area contributed by atoms with Crippen LogP contribution in [0.25, 0.3) is 98.2 Å². The summed E-state index contributed by atoms with van der Waals surface area (Å²) in [6.07, 6.45) is 0. The molecule has 3 aromatic heterocycles. The zero-order chi connectivity index (χ0) is 36.0. The highest BCUT2D eigenvalue weighted by atomic mass is 32.1. The first-order chi connectivity index (χ1) is 25.8. The summed E-state index contributed by atoms with van der Waals surface area (Å²) < 4.78 is 8.70. The van der Waals surface area contributed by atoms with Gasteiger partial charge < -0.3 is 4.42 Å². The molecule has 10 aromatic rings. The summed E-state index contributed by atoms with van der Waals surface area (Å²) in [5.74, 6) is 1.03. The van der Waals surface area contributed by atoms with Gasteiger partial charge in [0.05, 0.1) is 0 Å². The summed E-state index contributed by atoms with van der Waals surface area (Å²) in [7, 11) is 31.7. The molecule has 10 radical (unpaired) electrons. The standard InChI is InChI=1S/C43H20B5N3OS/c44-36-35(37(45)39(47)40(48)38(36)46)43-50-41(49-42(51-43)24-16-18-28-27-8-3-4-10-29(27)52-30(28)20-24)23-14-12-22(13-15-23)26-9-5-11-31-33(26)34-25-7-2-1-6-21(25)17-19-32(34)53-31/h1-20H. The number of rotatable bonds is 4. The van der Waals surface area contributed by atoms with E-state index in [-0.39, 0.29) is 33.1 Å². The molecule has 0 saturated carbocycles. The quantitative estimate of drug-likeness (QED) is 0.217. The Morgan fingerprint density at radius 2 is 1.04 bits per heavy atom. The highest BCUT2D eigenvalue weighted by Gasteiger charge is 2.20. The number of benzene rings is 7. The molecule has 0 saturated heterocycles. The van der Waals surface area contributed by atoms with Crippen LogP contribution >= 0.6 is 11.3 Å². The maximum absolute atomic E-state index is 6.52. The molecule has 0 atom stereocenters. The molecule has 0 aliphatic heterocycles. The second-order valence-electron chi connectivity index (χ2n) is 13.1. The lowest BCUT2D eigenvalue weighted by atomic mass is 9.60. The van der Waals surface area contributed by atoms with Crippen LogP contribution in [-0.2, 0) is 0 Å². The number of para-hydroxylation sites is 1. The van der Waals surface area contributed by atoms with Crippen molar-refractivity contribution in [2.75, 3.05) is 0 Å². The minimum atomic E-state index is 0.116. The Hall–Kier alpha value is -5.85. The fourth-order valence-electron chi connectivity index (χ4n) is 7.33. The van der Waals surface area contributed by atoms with Gasteiger partial charge in [0.15, 0.2) is 17.5 Å². The van der Waals surface area contributed by atoms with Crippen molar-refractivity contribution in [3.05, 3.63) is 121 Å². The maximum atomic E-state index is 6.52. The molecule has 7 aromatic carbocycles. The number of hydrogen-bond donors (Lipinski definition) is 0. The zero-order valence-corrected chi connectivity index (χ0v) is 28.9. The molecule has 4 nitrogen and oxygen atoms in total. The van der Waals surface area contributed by atoms with E-state index in [4.69, 9.17) is 58.6 Å². The number of aromatic nitrogens is 3. The Labute approximate surface area is 315 Å². The molecule has 0 amide bonds. The Bertz CT molecular complexity index is 3110. The van der Waals surface area contributed by atoms with Crippen LogP contribution in [0.2, 0.25) is 0 Å². The van der Waals surface area contributed by atoms with Gasteiger partial charge in [-0.2, -0.15) is 0 Å². The fraction of sp³-hybridized carbons (Fsp3) is 0.